The number of hydrogen-bond donors (Lipinski definition) is 0. The molecule has 0 spiro atoms. The molecule has 3 nitrogen and oxygen atoms in total. The van der Waals surface area contributed by atoms with Gasteiger partial charge in [0.1, 0.15) is 5.82 Å². The molecule has 0 N–H and O–H groups in total. The molecule has 0 bridgehead atoms. The van der Waals surface area contributed by atoms with Crippen LogP contribution < -0.4 is 0 Å². The zero-order valence-electron chi connectivity index (χ0n) is 15.3. The van der Waals surface area contributed by atoms with Crippen LogP contribution in [0.4, 0.5) is 4.39 Å². The van der Waals surface area contributed by atoms with Crippen molar-refractivity contribution >= 4 is 21.8 Å². The molecule has 1 amide bonds. The summed E-state index contributed by atoms with van der Waals surface area (Å²) in [6.45, 7) is 4.76. The van der Waals surface area contributed by atoms with Crippen LogP contribution in [0.25, 0.3) is 0 Å². The average molecular weight is 431 g/mol. The van der Waals surface area contributed by atoms with Gasteiger partial charge in [0.15, 0.2) is 0 Å². The second kappa shape index (κ2) is 8.11. The monoisotopic (exact) mass is 430 g/mol. The van der Waals surface area contributed by atoms with Crippen LogP contribution in [-0.4, -0.2) is 41.9 Å². The van der Waals surface area contributed by atoms with Gasteiger partial charge in [-0.1, -0.05) is 28.1 Å². The van der Waals surface area contributed by atoms with E-state index in [-0.39, 0.29) is 11.7 Å². The summed E-state index contributed by atoms with van der Waals surface area (Å²) in [7, 11) is 0. The number of benzene rings is 2. The van der Waals surface area contributed by atoms with Gasteiger partial charge in [0.2, 0.25) is 0 Å². The summed E-state index contributed by atoms with van der Waals surface area (Å²) in [5.74, 6) is 0.579. The highest BCUT2D eigenvalue weighted by atomic mass is 79.9. The highest BCUT2D eigenvalue weighted by Crippen LogP contribution is 2.28. The molecule has 2 heterocycles. The molecule has 0 saturated carbocycles. The van der Waals surface area contributed by atoms with Crippen molar-refractivity contribution < 1.29 is 9.18 Å². The summed E-state index contributed by atoms with van der Waals surface area (Å²) in [6, 6.07) is 12.7. The van der Waals surface area contributed by atoms with E-state index in [1.165, 1.54) is 17.7 Å². The number of amides is 1. The highest BCUT2D eigenvalue weighted by molar-refractivity contribution is 9.10. The Morgan fingerprint density at radius 3 is 2.56 bits per heavy atom. The first-order chi connectivity index (χ1) is 13.1. The number of piperidine rings is 1. The van der Waals surface area contributed by atoms with Gasteiger partial charge in [0.25, 0.3) is 5.91 Å². The van der Waals surface area contributed by atoms with Gasteiger partial charge < -0.3 is 9.80 Å². The van der Waals surface area contributed by atoms with E-state index in [4.69, 9.17) is 0 Å². The summed E-state index contributed by atoms with van der Waals surface area (Å²) in [5.41, 5.74) is 3.17. The lowest BCUT2D eigenvalue weighted by atomic mass is 9.96. The molecule has 2 aromatic carbocycles. The first kappa shape index (κ1) is 18.6. The Bertz CT molecular complexity index is 816. The molecule has 0 atom stereocenters. The van der Waals surface area contributed by atoms with E-state index in [1.54, 1.807) is 0 Å². The molecular formula is C22H24BrFN2O. The molecule has 4 rings (SSSR count). The zero-order chi connectivity index (χ0) is 18.8. The molecule has 1 saturated heterocycles. The van der Waals surface area contributed by atoms with Crippen LogP contribution in [0.2, 0.25) is 0 Å². The Morgan fingerprint density at radius 1 is 1.07 bits per heavy atom. The smallest absolute Gasteiger partial charge is 0.254 e. The van der Waals surface area contributed by atoms with Crippen LogP contribution in [-0.2, 0) is 13.0 Å². The molecule has 0 unspecified atom stereocenters. The second-order valence-electron chi connectivity index (χ2n) is 7.65. The Hall–Kier alpha value is -1.72. The third-order valence-corrected chi connectivity index (χ3v) is 6.26. The lowest BCUT2D eigenvalue weighted by Gasteiger charge is -2.33. The highest BCUT2D eigenvalue weighted by Gasteiger charge is 2.30. The van der Waals surface area contributed by atoms with Crippen LogP contribution in [0.3, 0.4) is 0 Å². The third kappa shape index (κ3) is 4.41. The van der Waals surface area contributed by atoms with Gasteiger partial charge in [0, 0.05) is 29.7 Å². The maximum absolute atomic E-state index is 13.0. The summed E-state index contributed by atoms with van der Waals surface area (Å²) < 4.78 is 14.0. The number of halogens is 2. The molecule has 142 valence electrons. The van der Waals surface area contributed by atoms with E-state index >= 15 is 0 Å². The molecule has 0 aliphatic carbocycles. The van der Waals surface area contributed by atoms with Gasteiger partial charge in [-0.25, -0.2) is 4.39 Å². The lowest BCUT2D eigenvalue weighted by Crippen LogP contribution is -2.39. The molecule has 0 radical (unpaired) electrons. The van der Waals surface area contributed by atoms with Crippen LogP contribution in [0.15, 0.2) is 46.9 Å². The van der Waals surface area contributed by atoms with Crippen molar-refractivity contribution in [1.82, 2.24) is 9.80 Å². The van der Waals surface area contributed by atoms with Crippen molar-refractivity contribution in [3.05, 3.63) is 69.4 Å². The quantitative estimate of drug-likeness (QED) is 0.696. The van der Waals surface area contributed by atoms with Gasteiger partial charge in [-0.2, -0.15) is 0 Å². The fourth-order valence-corrected chi connectivity index (χ4v) is 4.55. The maximum Gasteiger partial charge on any atom is 0.254 e. The Kier molecular flexibility index (Phi) is 5.60. The predicted molar refractivity (Wildman–Crippen MR) is 108 cm³/mol. The molecule has 2 aliphatic heterocycles. The second-order valence-corrected chi connectivity index (χ2v) is 8.56. The predicted octanol–water partition coefficient (Wildman–Crippen LogP) is 4.50. The fourth-order valence-electron chi connectivity index (χ4n) is 4.14. The van der Waals surface area contributed by atoms with Crippen LogP contribution in [0.1, 0.15) is 34.3 Å². The molecule has 0 aromatic heterocycles. The number of hydrogen-bond acceptors (Lipinski definition) is 2. The fraction of sp³-hybridized carbons (Fsp3) is 0.409. The van der Waals surface area contributed by atoms with E-state index in [0.29, 0.717) is 5.92 Å². The number of carbonyl (C=O) groups excluding carboxylic acids is 1. The minimum Gasteiger partial charge on any atom is -0.334 e. The van der Waals surface area contributed by atoms with Crippen molar-refractivity contribution in [2.45, 2.75) is 25.8 Å². The van der Waals surface area contributed by atoms with Crippen molar-refractivity contribution in [2.24, 2.45) is 5.92 Å². The largest absolute Gasteiger partial charge is 0.334 e. The van der Waals surface area contributed by atoms with Gasteiger partial charge in [-0.15, -0.1) is 0 Å². The summed E-state index contributed by atoms with van der Waals surface area (Å²) in [6.07, 6.45) is 3.22. The SMILES string of the molecule is O=C1c2ccc(Br)cc2CN1CC1CCN(CCc2ccc(F)cc2)CC1. The van der Waals surface area contributed by atoms with E-state index in [9.17, 15) is 9.18 Å². The number of nitrogens with zero attached hydrogens (tertiary/aromatic N) is 2. The molecule has 1 fully saturated rings. The van der Waals surface area contributed by atoms with E-state index in [1.807, 2.05) is 29.2 Å². The topological polar surface area (TPSA) is 23.6 Å². The zero-order valence-corrected chi connectivity index (χ0v) is 16.9. The minimum absolute atomic E-state index is 0.175. The Morgan fingerprint density at radius 2 is 1.81 bits per heavy atom. The van der Waals surface area contributed by atoms with Crippen LogP contribution >= 0.6 is 15.9 Å². The number of carbonyl (C=O) groups is 1. The molecule has 27 heavy (non-hydrogen) atoms. The normalized spacial score (nSPS) is 18.1. The number of fused-ring (bicyclic) bond motifs is 1. The average Bonchev–Trinajstić information content (AvgIpc) is 2.97. The van der Waals surface area contributed by atoms with Crippen molar-refractivity contribution in [2.75, 3.05) is 26.2 Å². The molecule has 2 aromatic rings. The number of rotatable bonds is 5. The summed E-state index contributed by atoms with van der Waals surface area (Å²) in [4.78, 5) is 17.1. The van der Waals surface area contributed by atoms with Crippen molar-refractivity contribution in [3.8, 4) is 0 Å². The Balaban J connectivity index is 1.24. The summed E-state index contributed by atoms with van der Waals surface area (Å²) >= 11 is 3.49. The van der Waals surface area contributed by atoms with E-state index in [2.05, 4.69) is 26.9 Å². The molecule has 5 heteroatoms. The van der Waals surface area contributed by atoms with Gasteiger partial charge in [-0.3, -0.25) is 4.79 Å². The maximum atomic E-state index is 13.0. The third-order valence-electron chi connectivity index (χ3n) is 5.76. The standard InChI is InChI=1S/C22H24BrFN2O/c23-19-3-6-21-18(13-19)15-26(22(21)27)14-17-8-11-25(12-9-17)10-7-16-1-4-20(24)5-2-16/h1-6,13,17H,7-12,14-15H2. The first-order valence-corrected chi connectivity index (χ1v) is 10.4. The van der Waals surface area contributed by atoms with Crippen LogP contribution in [0, 0.1) is 11.7 Å². The molecular weight excluding hydrogens is 407 g/mol. The van der Waals surface area contributed by atoms with Gasteiger partial charge in [0.05, 0.1) is 0 Å². The van der Waals surface area contributed by atoms with E-state index in [0.717, 1.165) is 67.6 Å². The van der Waals surface area contributed by atoms with Gasteiger partial charge in [-0.05, 0) is 79.7 Å². The van der Waals surface area contributed by atoms with E-state index < -0.39 is 0 Å². The van der Waals surface area contributed by atoms with Crippen LogP contribution in [0.5, 0.6) is 0 Å². The van der Waals surface area contributed by atoms with Crippen molar-refractivity contribution in [1.29, 1.82) is 0 Å². The van der Waals surface area contributed by atoms with Gasteiger partial charge >= 0.3 is 0 Å². The number of likely N-dealkylation sites (tertiary alicyclic amines) is 1. The minimum atomic E-state index is -0.175. The molecule has 2 aliphatic rings. The first-order valence-electron chi connectivity index (χ1n) is 9.63. The van der Waals surface area contributed by atoms with Crippen molar-refractivity contribution in [3.63, 3.8) is 0 Å². The summed E-state index contributed by atoms with van der Waals surface area (Å²) in [5, 5.41) is 0. The lowest BCUT2D eigenvalue weighted by molar-refractivity contribution is 0.0714. The Labute approximate surface area is 168 Å².